The molecule has 3 aromatic heterocycles. The Bertz CT molecular complexity index is 1310. The number of hydrogen-bond donors (Lipinski definition) is 2. The van der Waals surface area contributed by atoms with Crippen molar-refractivity contribution in [3.05, 3.63) is 46.2 Å². The van der Waals surface area contributed by atoms with Crippen LogP contribution >= 0.6 is 22.9 Å². The van der Waals surface area contributed by atoms with Gasteiger partial charge in [0.05, 0.1) is 23.4 Å². The zero-order valence-electron chi connectivity index (χ0n) is 20.6. The van der Waals surface area contributed by atoms with Gasteiger partial charge in [-0.1, -0.05) is 27.7 Å². The number of nitrogens with one attached hydrogen (secondary N) is 2. The number of rotatable bonds is 5. The molecule has 0 bridgehead atoms. The van der Waals surface area contributed by atoms with Crippen LogP contribution in [-0.4, -0.2) is 40.6 Å². The Morgan fingerprint density at radius 3 is 2.60 bits per heavy atom. The van der Waals surface area contributed by atoms with Gasteiger partial charge in [-0.05, 0) is 36.7 Å². The van der Waals surface area contributed by atoms with Gasteiger partial charge in [-0.25, -0.2) is 9.97 Å². The summed E-state index contributed by atoms with van der Waals surface area (Å²) in [4.78, 5) is 25.9. The van der Waals surface area contributed by atoms with Gasteiger partial charge < -0.3 is 20.1 Å². The lowest BCUT2D eigenvalue weighted by Crippen LogP contribution is -2.24. The molecule has 5 rings (SSSR count). The number of hydrogen-bond acceptors (Lipinski definition) is 8. The van der Waals surface area contributed by atoms with Crippen LogP contribution in [0.2, 0.25) is 5.28 Å². The molecule has 2 N–H and O–H groups in total. The summed E-state index contributed by atoms with van der Waals surface area (Å²) in [6.45, 7) is 12.0. The van der Waals surface area contributed by atoms with Gasteiger partial charge in [0.15, 0.2) is 0 Å². The number of thiophene rings is 1. The average molecular weight is 516 g/mol. The van der Waals surface area contributed by atoms with E-state index in [-0.39, 0.29) is 11.2 Å². The van der Waals surface area contributed by atoms with Crippen LogP contribution < -0.4 is 15.4 Å². The van der Waals surface area contributed by atoms with E-state index in [4.69, 9.17) is 21.1 Å². The first kappa shape index (κ1) is 26.6. The first-order chi connectivity index (χ1) is 17.1. The highest BCUT2D eigenvalue weighted by atomic mass is 35.5. The fraction of sp³-hybridized carbons (Fsp3) is 0.360. The molecule has 4 heterocycles. The predicted molar refractivity (Wildman–Crippen MR) is 143 cm³/mol. The minimum Gasteiger partial charge on any atom is -0.420 e. The average Bonchev–Trinajstić information content (AvgIpc) is 3.18. The van der Waals surface area contributed by atoms with E-state index in [1.54, 1.807) is 12.3 Å². The first-order valence-electron chi connectivity index (χ1n) is 11.8. The highest BCUT2D eigenvalue weighted by molar-refractivity contribution is 7.21. The lowest BCUT2D eigenvalue weighted by Gasteiger charge is -2.10. The summed E-state index contributed by atoms with van der Waals surface area (Å²) in [5.74, 6) is 0.639. The molecule has 0 unspecified atom stereocenters. The number of benzene rings is 1. The SMILES string of the molecule is CC.CC.CCOCc1cnc(Cl)nc1Oc1ccc2c(ccc3sc4c(c32)NCCNC4=O)n1. The number of ether oxygens (including phenoxy) is 2. The van der Waals surface area contributed by atoms with Crippen molar-refractivity contribution in [3.63, 3.8) is 0 Å². The molecule has 0 saturated heterocycles. The van der Waals surface area contributed by atoms with Crippen molar-refractivity contribution < 1.29 is 14.3 Å². The molecule has 0 spiro atoms. The maximum Gasteiger partial charge on any atom is 0.263 e. The molecule has 0 fully saturated rings. The van der Waals surface area contributed by atoms with Gasteiger partial charge in [0.1, 0.15) is 4.88 Å². The predicted octanol–water partition coefficient (Wildman–Crippen LogP) is 6.43. The van der Waals surface area contributed by atoms with E-state index in [2.05, 4.69) is 25.6 Å². The Morgan fingerprint density at radius 1 is 1.06 bits per heavy atom. The summed E-state index contributed by atoms with van der Waals surface area (Å²) in [6.07, 6.45) is 1.59. The fourth-order valence-corrected chi connectivity index (χ4v) is 4.72. The molecule has 35 heavy (non-hydrogen) atoms. The maximum absolute atomic E-state index is 12.4. The normalized spacial score (nSPS) is 12.3. The number of carbonyl (C=O) groups is 1. The molecule has 1 aliphatic heterocycles. The van der Waals surface area contributed by atoms with Crippen molar-refractivity contribution >= 4 is 55.5 Å². The molecule has 10 heteroatoms. The van der Waals surface area contributed by atoms with Gasteiger partial charge in [-0.3, -0.25) is 4.79 Å². The quantitative estimate of drug-likeness (QED) is 0.295. The largest absolute Gasteiger partial charge is 0.420 e. The molecule has 8 nitrogen and oxygen atoms in total. The van der Waals surface area contributed by atoms with Crippen LogP contribution in [-0.2, 0) is 11.3 Å². The molecule has 1 aromatic carbocycles. The number of pyridine rings is 1. The molecule has 0 saturated carbocycles. The third-order valence-corrected chi connectivity index (χ3v) is 6.21. The van der Waals surface area contributed by atoms with Gasteiger partial charge in [-0.15, -0.1) is 11.3 Å². The topological polar surface area (TPSA) is 98.3 Å². The molecule has 4 aromatic rings. The molecule has 1 amide bonds. The molecule has 1 aliphatic rings. The van der Waals surface area contributed by atoms with E-state index >= 15 is 0 Å². The van der Waals surface area contributed by atoms with Gasteiger partial charge in [0.2, 0.25) is 17.0 Å². The summed E-state index contributed by atoms with van der Waals surface area (Å²) >= 11 is 7.43. The van der Waals surface area contributed by atoms with E-state index in [9.17, 15) is 4.79 Å². The second-order valence-electron chi connectivity index (χ2n) is 6.85. The van der Waals surface area contributed by atoms with Crippen LogP contribution in [0.4, 0.5) is 5.69 Å². The third kappa shape index (κ3) is 5.80. The molecule has 0 atom stereocenters. The van der Waals surface area contributed by atoms with Crippen LogP contribution in [0, 0.1) is 0 Å². The van der Waals surface area contributed by atoms with Crippen molar-refractivity contribution in [2.24, 2.45) is 0 Å². The summed E-state index contributed by atoms with van der Waals surface area (Å²) < 4.78 is 12.4. The van der Waals surface area contributed by atoms with Crippen LogP contribution in [0.3, 0.4) is 0 Å². The van der Waals surface area contributed by atoms with Crippen molar-refractivity contribution in [1.29, 1.82) is 0 Å². The first-order valence-corrected chi connectivity index (χ1v) is 13.0. The van der Waals surface area contributed by atoms with E-state index in [1.807, 2.05) is 52.8 Å². The zero-order chi connectivity index (χ0) is 25.4. The van der Waals surface area contributed by atoms with Crippen molar-refractivity contribution in [3.8, 4) is 11.8 Å². The van der Waals surface area contributed by atoms with Crippen LogP contribution in [0.15, 0.2) is 30.5 Å². The maximum atomic E-state index is 12.4. The Kier molecular flexibility index (Phi) is 9.59. The van der Waals surface area contributed by atoms with E-state index in [1.165, 1.54) is 11.3 Å². The van der Waals surface area contributed by atoms with Gasteiger partial charge in [0, 0.05) is 47.4 Å². The monoisotopic (exact) mass is 515 g/mol. The van der Waals surface area contributed by atoms with E-state index in [0.717, 1.165) is 26.7 Å². The fourth-order valence-electron chi connectivity index (χ4n) is 3.48. The standard InChI is InChI=1S/C21H18ClN5O3S.2C2H6/c1-2-29-10-11-9-25-21(22)27-20(11)30-15-6-3-12-13(26-15)4-5-14-16(12)17-18(31-14)19(28)24-8-7-23-17;2*1-2/h3-6,9,23H,2,7-8,10H2,1H3,(H,24,28);2*1-2H3. The smallest absolute Gasteiger partial charge is 0.263 e. The number of nitrogens with zero attached hydrogens (tertiary/aromatic N) is 3. The second-order valence-corrected chi connectivity index (χ2v) is 8.24. The lowest BCUT2D eigenvalue weighted by molar-refractivity contribution is 0.0962. The summed E-state index contributed by atoms with van der Waals surface area (Å²) in [6, 6.07) is 7.63. The number of carbonyl (C=O) groups excluding carboxylic acids is 1. The summed E-state index contributed by atoms with van der Waals surface area (Å²) in [7, 11) is 0. The van der Waals surface area contributed by atoms with E-state index < -0.39 is 0 Å². The van der Waals surface area contributed by atoms with Crippen molar-refractivity contribution in [2.45, 2.75) is 41.2 Å². The van der Waals surface area contributed by atoms with Crippen LogP contribution in [0.1, 0.15) is 49.9 Å². The Morgan fingerprint density at radius 2 is 1.83 bits per heavy atom. The zero-order valence-corrected chi connectivity index (χ0v) is 22.1. The van der Waals surface area contributed by atoms with Crippen molar-refractivity contribution in [1.82, 2.24) is 20.3 Å². The third-order valence-electron chi connectivity index (χ3n) is 4.87. The van der Waals surface area contributed by atoms with Crippen LogP contribution in [0.25, 0.3) is 21.0 Å². The van der Waals surface area contributed by atoms with Gasteiger partial charge in [0.25, 0.3) is 5.91 Å². The molecule has 0 aliphatic carbocycles. The van der Waals surface area contributed by atoms with Gasteiger partial charge >= 0.3 is 0 Å². The molecule has 0 radical (unpaired) electrons. The second kappa shape index (κ2) is 12.6. The highest BCUT2D eigenvalue weighted by Gasteiger charge is 2.22. The molecular formula is C25H30ClN5O3S. The highest BCUT2D eigenvalue weighted by Crippen LogP contribution is 2.41. The number of amides is 1. The van der Waals surface area contributed by atoms with Gasteiger partial charge in [-0.2, -0.15) is 4.98 Å². The van der Waals surface area contributed by atoms with E-state index in [0.29, 0.717) is 48.5 Å². The summed E-state index contributed by atoms with van der Waals surface area (Å²) in [5, 5.41) is 8.32. The summed E-state index contributed by atoms with van der Waals surface area (Å²) in [5.41, 5.74) is 2.29. The molecule has 186 valence electrons. The Balaban J connectivity index is 0.000000815. The van der Waals surface area contributed by atoms with Crippen molar-refractivity contribution in [2.75, 3.05) is 25.0 Å². The Labute approximate surface area is 214 Å². The lowest BCUT2D eigenvalue weighted by atomic mass is 10.1. The number of aromatic nitrogens is 3. The number of halogens is 1. The number of fused-ring (bicyclic) bond motifs is 5. The Hall–Kier alpha value is -3.01. The minimum atomic E-state index is -0.0512. The van der Waals surface area contributed by atoms with Crippen LogP contribution in [0.5, 0.6) is 11.8 Å². The minimum absolute atomic E-state index is 0.0512. The molecular weight excluding hydrogens is 486 g/mol. The number of anilines is 1.